The number of rotatable bonds is 4. The van der Waals surface area contributed by atoms with E-state index in [1.54, 1.807) is 26.4 Å². The first kappa shape index (κ1) is 22.6. The Hall–Kier alpha value is -1.90. The summed E-state index contributed by atoms with van der Waals surface area (Å²) in [6, 6.07) is 2.00. The zero-order valence-electron chi connectivity index (χ0n) is 20.6. The highest BCUT2D eigenvalue weighted by atomic mass is 16.7. The van der Waals surface area contributed by atoms with Crippen molar-refractivity contribution in [1.82, 2.24) is 0 Å². The molecule has 8 heteroatoms. The van der Waals surface area contributed by atoms with Crippen molar-refractivity contribution in [3.8, 4) is 0 Å². The average Bonchev–Trinajstić information content (AvgIpc) is 2.99. The highest BCUT2D eigenvalue weighted by Crippen LogP contribution is 2.80. The topological polar surface area (TPSA) is 108 Å². The third-order valence-corrected chi connectivity index (χ3v) is 10.2. The van der Waals surface area contributed by atoms with Crippen LogP contribution in [0.3, 0.4) is 0 Å². The second-order valence-corrected chi connectivity index (χ2v) is 12.2. The largest absolute Gasteiger partial charge is 0.472 e. The lowest BCUT2D eigenvalue weighted by Crippen LogP contribution is -2.74. The van der Waals surface area contributed by atoms with E-state index in [0.717, 1.165) is 12.0 Å². The summed E-state index contributed by atoms with van der Waals surface area (Å²) in [5.41, 5.74) is -3.08. The number of ether oxygens (including phenoxy) is 4. The van der Waals surface area contributed by atoms with E-state index < -0.39 is 46.2 Å². The number of aliphatic hydroxyl groups is 1. The Bertz CT molecular complexity index is 1040. The molecule has 0 unspecified atom stereocenters. The van der Waals surface area contributed by atoms with Gasteiger partial charge in [-0.1, -0.05) is 13.8 Å². The zero-order chi connectivity index (χ0) is 24.5. The first-order valence-corrected chi connectivity index (χ1v) is 12.2. The molecule has 0 radical (unpaired) electrons. The van der Waals surface area contributed by atoms with Crippen molar-refractivity contribution in [3.05, 3.63) is 24.2 Å². The molecule has 186 valence electrons. The van der Waals surface area contributed by atoms with Crippen molar-refractivity contribution < 1.29 is 38.1 Å². The van der Waals surface area contributed by atoms with Gasteiger partial charge in [-0.15, -0.1) is 0 Å². The SMILES string of the molecule is COC(=O)C[C@H]1O[C@@H]2C[C@@]3(C)[C@H](c4ccoc4)C[C@H]4O[C@]43[C@]3(C)OC(=O)[C@@H](C(C)(C)O)[C@@]1(C)[C@@H]23. The highest BCUT2D eigenvalue weighted by molar-refractivity contribution is 5.78. The molecule has 2 aliphatic carbocycles. The van der Waals surface area contributed by atoms with E-state index in [2.05, 4.69) is 6.92 Å². The van der Waals surface area contributed by atoms with Crippen LogP contribution in [0, 0.1) is 22.7 Å². The predicted octanol–water partition coefficient (Wildman–Crippen LogP) is 2.97. The van der Waals surface area contributed by atoms with E-state index >= 15 is 0 Å². The minimum Gasteiger partial charge on any atom is -0.472 e. The van der Waals surface area contributed by atoms with Gasteiger partial charge in [0.25, 0.3) is 0 Å². The first-order valence-electron chi connectivity index (χ1n) is 12.2. The normalized spacial score (nSPS) is 50.7. The number of methoxy groups -OCH3 is 1. The number of hydrogen-bond donors (Lipinski definition) is 1. The van der Waals surface area contributed by atoms with Gasteiger partial charge in [-0.25, -0.2) is 0 Å². The van der Waals surface area contributed by atoms with Gasteiger partial charge in [0.05, 0.1) is 55.9 Å². The number of carbonyl (C=O) groups excluding carboxylic acids is 2. The van der Waals surface area contributed by atoms with Gasteiger partial charge in [0.1, 0.15) is 11.2 Å². The molecule has 1 aromatic heterocycles. The fourth-order valence-corrected chi connectivity index (χ4v) is 9.29. The molecule has 0 amide bonds. The second-order valence-electron chi connectivity index (χ2n) is 12.2. The Morgan fingerprint density at radius 2 is 2.03 bits per heavy atom. The lowest BCUT2D eigenvalue weighted by atomic mass is 9.45. The van der Waals surface area contributed by atoms with Gasteiger partial charge in [-0.3, -0.25) is 9.59 Å². The van der Waals surface area contributed by atoms with Crippen molar-refractivity contribution >= 4 is 11.9 Å². The molecule has 5 fully saturated rings. The molecule has 1 aromatic rings. The molecule has 0 bridgehead atoms. The van der Waals surface area contributed by atoms with Crippen LogP contribution in [0.1, 0.15) is 65.4 Å². The van der Waals surface area contributed by atoms with Crippen LogP contribution in [0.4, 0.5) is 0 Å². The smallest absolute Gasteiger partial charge is 0.313 e. The number of carbonyl (C=O) groups is 2. The lowest BCUT2D eigenvalue weighted by molar-refractivity contribution is -0.259. The van der Waals surface area contributed by atoms with E-state index in [4.69, 9.17) is 23.4 Å². The average molecular weight is 475 g/mol. The molecule has 10 atom stereocenters. The first-order chi connectivity index (χ1) is 15.8. The van der Waals surface area contributed by atoms with Crippen LogP contribution in [0.25, 0.3) is 0 Å². The summed E-state index contributed by atoms with van der Waals surface area (Å²) < 4.78 is 30.0. The fraction of sp³-hybridized carbons (Fsp3) is 0.769. The summed E-state index contributed by atoms with van der Waals surface area (Å²) in [4.78, 5) is 26.2. The van der Waals surface area contributed by atoms with Gasteiger partial charge < -0.3 is 28.5 Å². The van der Waals surface area contributed by atoms with E-state index in [0.29, 0.717) is 6.42 Å². The number of epoxide rings is 1. The molecule has 34 heavy (non-hydrogen) atoms. The summed E-state index contributed by atoms with van der Waals surface area (Å²) in [5.74, 6) is -1.80. The van der Waals surface area contributed by atoms with E-state index in [1.165, 1.54) is 7.11 Å². The highest BCUT2D eigenvalue weighted by Gasteiger charge is 2.90. The Morgan fingerprint density at radius 1 is 1.29 bits per heavy atom. The third-order valence-electron chi connectivity index (χ3n) is 10.2. The molecule has 2 saturated carbocycles. The maximum atomic E-state index is 13.7. The Balaban J connectivity index is 1.51. The van der Waals surface area contributed by atoms with Gasteiger partial charge >= 0.3 is 11.9 Å². The molecular weight excluding hydrogens is 440 g/mol. The van der Waals surface area contributed by atoms with E-state index in [1.807, 2.05) is 19.9 Å². The predicted molar refractivity (Wildman–Crippen MR) is 118 cm³/mol. The quantitative estimate of drug-likeness (QED) is 0.524. The Morgan fingerprint density at radius 3 is 2.65 bits per heavy atom. The molecule has 3 saturated heterocycles. The molecular formula is C26H34O8. The molecule has 1 N–H and O–H groups in total. The molecule has 0 aromatic carbocycles. The van der Waals surface area contributed by atoms with Crippen LogP contribution in [0.2, 0.25) is 0 Å². The Kier molecular flexibility index (Phi) is 4.28. The number of furan rings is 1. The number of esters is 2. The van der Waals surface area contributed by atoms with Gasteiger partial charge in [0.15, 0.2) is 0 Å². The third kappa shape index (κ3) is 2.35. The molecule has 6 rings (SSSR count). The fourth-order valence-electron chi connectivity index (χ4n) is 9.29. The van der Waals surface area contributed by atoms with Gasteiger partial charge in [-0.2, -0.15) is 0 Å². The standard InChI is InChI=1S/C26H34O8/c1-22(2,29)20-21(28)34-25(5)19-15(32-16(24(19,20)4)10-18(27)30-6)11-23(3)14(13-7-8-31-12-13)9-17-26(23,25)33-17/h7-8,12,14-17,19-20,29H,9-11H2,1-6H3/t14-,15+,16+,17+,19+,20-,23-,24+,25+,26+/m0/s1. The maximum absolute atomic E-state index is 13.7. The molecule has 5 aliphatic rings. The second kappa shape index (κ2) is 6.45. The van der Waals surface area contributed by atoms with Gasteiger partial charge in [0.2, 0.25) is 0 Å². The van der Waals surface area contributed by atoms with Crippen molar-refractivity contribution in [2.45, 2.75) is 94.9 Å². The summed E-state index contributed by atoms with van der Waals surface area (Å²) in [5, 5.41) is 11.1. The van der Waals surface area contributed by atoms with Crippen LogP contribution in [0.15, 0.2) is 23.0 Å². The zero-order valence-corrected chi connectivity index (χ0v) is 20.6. The minimum atomic E-state index is -1.36. The lowest BCUT2D eigenvalue weighted by Gasteiger charge is -2.62. The van der Waals surface area contributed by atoms with E-state index in [-0.39, 0.29) is 35.9 Å². The van der Waals surface area contributed by atoms with Crippen molar-refractivity contribution in [2.24, 2.45) is 22.7 Å². The van der Waals surface area contributed by atoms with Crippen LogP contribution in [-0.4, -0.2) is 59.3 Å². The summed E-state index contributed by atoms with van der Waals surface area (Å²) in [6.07, 6.45) is 4.10. The molecule has 1 spiro atoms. The monoisotopic (exact) mass is 474 g/mol. The van der Waals surface area contributed by atoms with Crippen molar-refractivity contribution in [1.29, 1.82) is 0 Å². The number of hydrogen-bond acceptors (Lipinski definition) is 8. The summed E-state index contributed by atoms with van der Waals surface area (Å²) >= 11 is 0. The van der Waals surface area contributed by atoms with Gasteiger partial charge in [-0.05, 0) is 51.2 Å². The summed E-state index contributed by atoms with van der Waals surface area (Å²) in [6.45, 7) is 9.43. The van der Waals surface area contributed by atoms with Crippen LogP contribution in [0.5, 0.6) is 0 Å². The summed E-state index contributed by atoms with van der Waals surface area (Å²) in [7, 11) is 1.35. The minimum absolute atomic E-state index is 0.00903. The Labute approximate surface area is 199 Å². The van der Waals surface area contributed by atoms with Crippen molar-refractivity contribution in [2.75, 3.05) is 7.11 Å². The van der Waals surface area contributed by atoms with Crippen molar-refractivity contribution in [3.63, 3.8) is 0 Å². The maximum Gasteiger partial charge on any atom is 0.313 e. The molecule has 3 aliphatic heterocycles. The van der Waals surface area contributed by atoms with E-state index in [9.17, 15) is 14.7 Å². The molecule has 4 heterocycles. The van der Waals surface area contributed by atoms with Gasteiger partial charge in [0, 0.05) is 16.7 Å². The van der Waals surface area contributed by atoms with Crippen LogP contribution >= 0.6 is 0 Å². The van der Waals surface area contributed by atoms with Crippen LogP contribution in [-0.2, 0) is 28.5 Å². The molecule has 8 nitrogen and oxygen atoms in total. The van der Waals surface area contributed by atoms with Crippen LogP contribution < -0.4 is 0 Å².